The number of nitrogens with zero attached hydrogens (tertiary/aromatic N) is 1. The van der Waals surface area contributed by atoms with Crippen LogP contribution >= 0.6 is 22.7 Å². The van der Waals surface area contributed by atoms with Crippen LogP contribution in [0.15, 0.2) is 24.3 Å². The number of thiazole rings is 1. The number of benzene rings is 1. The van der Waals surface area contributed by atoms with E-state index in [4.69, 9.17) is 14.9 Å². The van der Waals surface area contributed by atoms with Crippen LogP contribution in [0.4, 0.5) is 18.2 Å². The second-order valence-electron chi connectivity index (χ2n) is 7.19. The number of para-hydroxylation sites is 1. The molecule has 6 nitrogen and oxygen atoms in total. The molecule has 2 aromatic heterocycles. The Bertz CT molecular complexity index is 1100. The number of carbonyl (C=O) groups excluding carboxylic acids is 1. The normalized spacial score (nSPS) is 15.7. The van der Waals surface area contributed by atoms with E-state index in [1.165, 1.54) is 15.1 Å². The molecule has 3 N–H and O–H groups in total. The fraction of sp³-hybridized carbons (Fsp3) is 0.350. The Morgan fingerprint density at radius 1 is 1.19 bits per heavy atom. The lowest BCUT2D eigenvalue weighted by Gasteiger charge is -2.13. The van der Waals surface area contributed by atoms with Crippen LogP contribution in [-0.2, 0) is 22.6 Å². The molecule has 1 fully saturated rings. The zero-order valence-electron chi connectivity index (χ0n) is 16.1. The standard InChI is InChI=1S/C18H17N3OS2.C2HF3O2/c22-16(10-5-6-10)21-18-15(11-7-8-19-9-14(11)24-18)17-20-12-3-1-2-4-13(12)23-17;3-2(4,5)1(6)7/h1-4,10,19H,5-9H2,(H,21,22);(H,6,7). The van der Waals surface area contributed by atoms with Gasteiger partial charge in [-0.1, -0.05) is 12.1 Å². The number of aromatic nitrogens is 1. The maximum Gasteiger partial charge on any atom is 0.490 e. The zero-order chi connectivity index (χ0) is 22.2. The summed E-state index contributed by atoms with van der Waals surface area (Å²) in [7, 11) is 0. The van der Waals surface area contributed by atoms with Crippen molar-refractivity contribution in [3.8, 4) is 10.6 Å². The fourth-order valence-corrected chi connectivity index (χ4v) is 5.52. The number of carboxylic acid groups (broad SMARTS) is 1. The van der Waals surface area contributed by atoms with Crippen molar-refractivity contribution in [1.82, 2.24) is 10.3 Å². The summed E-state index contributed by atoms with van der Waals surface area (Å²) >= 11 is 3.43. The summed E-state index contributed by atoms with van der Waals surface area (Å²) in [4.78, 5) is 27.4. The van der Waals surface area contributed by atoms with E-state index >= 15 is 0 Å². The number of rotatable bonds is 3. The van der Waals surface area contributed by atoms with Gasteiger partial charge in [0.25, 0.3) is 0 Å². The second kappa shape index (κ2) is 8.56. The fourth-order valence-electron chi connectivity index (χ4n) is 3.19. The SMILES string of the molecule is O=C(Nc1sc2c(c1-c1nc3ccccc3s1)CCNC2)C1CC1.O=C(O)C(F)(F)F. The number of fused-ring (bicyclic) bond motifs is 2. The van der Waals surface area contributed by atoms with Gasteiger partial charge in [0.2, 0.25) is 5.91 Å². The highest BCUT2D eigenvalue weighted by Gasteiger charge is 2.38. The van der Waals surface area contributed by atoms with E-state index < -0.39 is 12.1 Å². The molecule has 1 aromatic carbocycles. The minimum Gasteiger partial charge on any atom is -0.475 e. The van der Waals surface area contributed by atoms with Gasteiger partial charge in [0, 0.05) is 22.9 Å². The van der Waals surface area contributed by atoms with Crippen molar-refractivity contribution in [1.29, 1.82) is 0 Å². The third-order valence-electron chi connectivity index (χ3n) is 4.86. The molecule has 0 bridgehead atoms. The van der Waals surface area contributed by atoms with Crippen LogP contribution in [0.25, 0.3) is 20.8 Å². The summed E-state index contributed by atoms with van der Waals surface area (Å²) in [5, 5.41) is 15.8. The number of hydrogen-bond donors (Lipinski definition) is 3. The first-order chi connectivity index (χ1) is 14.7. The molecule has 1 saturated carbocycles. The van der Waals surface area contributed by atoms with E-state index in [-0.39, 0.29) is 11.8 Å². The largest absolute Gasteiger partial charge is 0.490 e. The summed E-state index contributed by atoms with van der Waals surface area (Å²) in [5.41, 5.74) is 3.56. The van der Waals surface area contributed by atoms with Crippen LogP contribution in [0.5, 0.6) is 0 Å². The highest BCUT2D eigenvalue weighted by Crippen LogP contribution is 2.45. The Balaban J connectivity index is 0.000000289. The van der Waals surface area contributed by atoms with Gasteiger partial charge in [-0.2, -0.15) is 13.2 Å². The highest BCUT2D eigenvalue weighted by molar-refractivity contribution is 7.22. The van der Waals surface area contributed by atoms with Crippen LogP contribution < -0.4 is 10.6 Å². The van der Waals surface area contributed by atoms with Crippen LogP contribution in [-0.4, -0.2) is 34.7 Å². The number of nitrogens with one attached hydrogen (secondary N) is 2. The predicted molar refractivity (Wildman–Crippen MR) is 113 cm³/mol. The average molecular weight is 470 g/mol. The molecule has 0 radical (unpaired) electrons. The molecule has 0 unspecified atom stereocenters. The molecule has 164 valence electrons. The van der Waals surface area contributed by atoms with Crippen molar-refractivity contribution in [2.75, 3.05) is 11.9 Å². The minimum absolute atomic E-state index is 0.170. The second-order valence-corrected chi connectivity index (χ2v) is 9.32. The van der Waals surface area contributed by atoms with Crippen molar-refractivity contribution in [2.45, 2.75) is 32.0 Å². The van der Waals surface area contributed by atoms with Gasteiger partial charge < -0.3 is 15.7 Å². The number of carbonyl (C=O) groups is 2. The van der Waals surface area contributed by atoms with Gasteiger partial charge in [0.1, 0.15) is 10.0 Å². The van der Waals surface area contributed by atoms with Crippen LogP contribution in [0.1, 0.15) is 23.3 Å². The number of thiophene rings is 1. The van der Waals surface area contributed by atoms with Gasteiger partial charge in [-0.25, -0.2) is 9.78 Å². The Morgan fingerprint density at radius 2 is 1.90 bits per heavy atom. The molecule has 0 saturated heterocycles. The first-order valence-corrected chi connectivity index (χ1v) is 11.2. The Hall–Kier alpha value is -2.50. The van der Waals surface area contributed by atoms with Gasteiger partial charge in [0.05, 0.1) is 10.2 Å². The van der Waals surface area contributed by atoms with E-state index in [9.17, 15) is 18.0 Å². The summed E-state index contributed by atoms with van der Waals surface area (Å²) in [5.74, 6) is -2.37. The first kappa shape index (κ1) is 21.7. The first-order valence-electron chi connectivity index (χ1n) is 9.56. The van der Waals surface area contributed by atoms with Gasteiger partial charge in [-0.3, -0.25) is 4.79 Å². The Morgan fingerprint density at radius 3 is 2.55 bits per heavy atom. The minimum atomic E-state index is -5.08. The lowest BCUT2D eigenvalue weighted by atomic mass is 10.0. The van der Waals surface area contributed by atoms with Crippen molar-refractivity contribution < 1.29 is 27.9 Å². The molecule has 1 aliphatic heterocycles. The molecule has 0 spiro atoms. The van der Waals surface area contributed by atoms with Crippen molar-refractivity contribution in [2.24, 2.45) is 5.92 Å². The third-order valence-corrected chi connectivity index (χ3v) is 7.06. The van der Waals surface area contributed by atoms with Gasteiger partial charge in [-0.05, 0) is 43.5 Å². The van der Waals surface area contributed by atoms with E-state index in [2.05, 4.69) is 22.8 Å². The van der Waals surface area contributed by atoms with Crippen molar-refractivity contribution >= 4 is 49.8 Å². The quantitative estimate of drug-likeness (QED) is 0.519. The number of carboxylic acids is 1. The maximum atomic E-state index is 12.3. The molecular weight excluding hydrogens is 451 g/mol. The molecule has 11 heteroatoms. The smallest absolute Gasteiger partial charge is 0.475 e. The molecule has 1 amide bonds. The van der Waals surface area contributed by atoms with Crippen molar-refractivity contribution in [3.63, 3.8) is 0 Å². The van der Waals surface area contributed by atoms with E-state index in [1.807, 2.05) is 12.1 Å². The lowest BCUT2D eigenvalue weighted by Crippen LogP contribution is -2.22. The molecular formula is C20H18F3N3O3S2. The molecule has 0 atom stereocenters. The van der Waals surface area contributed by atoms with E-state index in [0.717, 1.165) is 53.4 Å². The Labute approximate surface area is 183 Å². The van der Waals surface area contributed by atoms with E-state index in [1.54, 1.807) is 22.7 Å². The number of halogens is 3. The number of amides is 1. The molecule has 5 rings (SSSR count). The molecule has 2 aliphatic rings. The topological polar surface area (TPSA) is 91.3 Å². The number of anilines is 1. The summed E-state index contributed by atoms with van der Waals surface area (Å²) in [6.45, 7) is 1.87. The predicted octanol–water partition coefficient (Wildman–Crippen LogP) is 4.65. The van der Waals surface area contributed by atoms with Crippen molar-refractivity contribution in [3.05, 3.63) is 34.7 Å². The van der Waals surface area contributed by atoms with Gasteiger partial charge in [-0.15, -0.1) is 22.7 Å². The lowest BCUT2D eigenvalue weighted by molar-refractivity contribution is -0.192. The molecule has 31 heavy (non-hydrogen) atoms. The molecule has 1 aliphatic carbocycles. The number of hydrogen-bond acceptors (Lipinski definition) is 6. The third kappa shape index (κ3) is 4.89. The highest BCUT2D eigenvalue weighted by atomic mass is 32.1. The summed E-state index contributed by atoms with van der Waals surface area (Å²) in [6.07, 6.45) is -2.04. The zero-order valence-corrected chi connectivity index (χ0v) is 17.7. The summed E-state index contributed by atoms with van der Waals surface area (Å²) in [6, 6.07) is 8.24. The van der Waals surface area contributed by atoms with Crippen LogP contribution in [0.2, 0.25) is 0 Å². The summed E-state index contributed by atoms with van der Waals surface area (Å²) < 4.78 is 32.9. The maximum absolute atomic E-state index is 12.3. The monoisotopic (exact) mass is 469 g/mol. The Kier molecular flexibility index (Phi) is 6.00. The molecule has 3 aromatic rings. The molecule has 3 heterocycles. The number of alkyl halides is 3. The number of aliphatic carboxylic acids is 1. The van der Waals surface area contributed by atoms with Crippen LogP contribution in [0, 0.1) is 5.92 Å². The average Bonchev–Trinajstić information content (AvgIpc) is 3.39. The van der Waals surface area contributed by atoms with E-state index in [0.29, 0.717) is 0 Å². The van der Waals surface area contributed by atoms with Gasteiger partial charge in [0.15, 0.2) is 0 Å². The van der Waals surface area contributed by atoms with Gasteiger partial charge >= 0.3 is 12.1 Å². The van der Waals surface area contributed by atoms with Crippen LogP contribution in [0.3, 0.4) is 0 Å².